The van der Waals surface area contributed by atoms with E-state index in [1.165, 1.54) is 6.26 Å². The summed E-state index contributed by atoms with van der Waals surface area (Å²) < 4.78 is 4.59. The van der Waals surface area contributed by atoms with Crippen LogP contribution in [0.25, 0.3) is 0 Å². The average Bonchev–Trinajstić information content (AvgIpc) is 2.69. The molecule has 4 nitrogen and oxygen atoms in total. The number of carbonyl (C=O) groups excluding carboxylic acids is 1. The Bertz CT molecular complexity index is 274. The van der Waals surface area contributed by atoms with E-state index in [1.54, 1.807) is 6.07 Å². The summed E-state index contributed by atoms with van der Waals surface area (Å²) in [7, 11) is 0. The minimum Gasteiger partial charge on any atom is -0.364 e. The van der Waals surface area contributed by atoms with Gasteiger partial charge in [0.15, 0.2) is 5.69 Å². The molecule has 1 amide bonds. The normalized spacial score (nSPS) is 12.4. The zero-order valence-corrected chi connectivity index (χ0v) is 9.58. The van der Waals surface area contributed by atoms with Gasteiger partial charge in [-0.15, -0.1) is 0 Å². The third-order valence-corrected chi connectivity index (χ3v) is 2.41. The molecule has 14 heavy (non-hydrogen) atoms. The van der Waals surface area contributed by atoms with Gasteiger partial charge in [-0.1, -0.05) is 28.0 Å². The molecule has 0 saturated carbocycles. The molecular weight excluding hydrogens is 248 g/mol. The van der Waals surface area contributed by atoms with E-state index in [-0.39, 0.29) is 11.9 Å². The van der Waals surface area contributed by atoms with Crippen LogP contribution in [0.2, 0.25) is 0 Å². The summed E-state index contributed by atoms with van der Waals surface area (Å²) in [6, 6.07) is 1.74. The van der Waals surface area contributed by atoms with Gasteiger partial charge in [-0.05, 0) is 12.8 Å². The molecule has 5 heteroatoms. The molecule has 1 rings (SSSR count). The summed E-state index contributed by atoms with van der Waals surface area (Å²) in [5.74, 6) is -0.174. The van der Waals surface area contributed by atoms with E-state index < -0.39 is 0 Å². The maximum Gasteiger partial charge on any atom is 0.273 e. The van der Waals surface area contributed by atoms with Gasteiger partial charge in [0.25, 0.3) is 5.91 Å². The van der Waals surface area contributed by atoms with Gasteiger partial charge in [-0.3, -0.25) is 4.79 Å². The molecule has 1 unspecified atom stereocenters. The highest BCUT2D eigenvalue weighted by atomic mass is 79.9. The van der Waals surface area contributed by atoms with Crippen molar-refractivity contribution in [1.29, 1.82) is 0 Å². The molecule has 0 aromatic carbocycles. The fourth-order valence-corrected chi connectivity index (χ4v) is 1.65. The summed E-state index contributed by atoms with van der Waals surface area (Å²) in [4.78, 5) is 11.5. The number of hydrogen-bond acceptors (Lipinski definition) is 3. The van der Waals surface area contributed by atoms with Gasteiger partial charge in [-0.25, -0.2) is 0 Å². The highest BCUT2D eigenvalue weighted by Gasteiger charge is 2.13. The lowest BCUT2D eigenvalue weighted by Crippen LogP contribution is -2.34. The Morgan fingerprint density at radius 2 is 2.57 bits per heavy atom. The van der Waals surface area contributed by atoms with Gasteiger partial charge in [0.05, 0.1) is 0 Å². The Balaban J connectivity index is 2.47. The first-order valence-electron chi connectivity index (χ1n) is 4.55. The summed E-state index contributed by atoms with van der Waals surface area (Å²) in [5.41, 5.74) is 0.332. The monoisotopic (exact) mass is 260 g/mol. The van der Waals surface area contributed by atoms with Crippen LogP contribution in [0, 0.1) is 0 Å². The lowest BCUT2D eigenvalue weighted by atomic mass is 10.1. The van der Waals surface area contributed by atoms with Crippen LogP contribution in [0.3, 0.4) is 0 Å². The predicted molar refractivity (Wildman–Crippen MR) is 56.5 cm³/mol. The van der Waals surface area contributed by atoms with Crippen LogP contribution in [0.5, 0.6) is 0 Å². The first-order chi connectivity index (χ1) is 6.77. The van der Waals surface area contributed by atoms with Crippen LogP contribution in [0.1, 0.15) is 30.3 Å². The molecule has 0 spiro atoms. The van der Waals surface area contributed by atoms with E-state index in [9.17, 15) is 4.79 Å². The van der Waals surface area contributed by atoms with Crippen molar-refractivity contribution < 1.29 is 9.32 Å². The maximum atomic E-state index is 11.5. The predicted octanol–water partition coefficient (Wildman–Crippen LogP) is 1.97. The van der Waals surface area contributed by atoms with E-state index in [0.29, 0.717) is 5.69 Å². The second kappa shape index (κ2) is 5.80. The summed E-state index contributed by atoms with van der Waals surface area (Å²) in [6.45, 7) is 2.04. The number of aromatic nitrogens is 1. The van der Waals surface area contributed by atoms with Crippen molar-refractivity contribution in [3.63, 3.8) is 0 Å². The van der Waals surface area contributed by atoms with E-state index in [1.807, 2.05) is 6.92 Å². The second-order valence-electron chi connectivity index (χ2n) is 2.94. The van der Waals surface area contributed by atoms with E-state index >= 15 is 0 Å². The fraction of sp³-hybridized carbons (Fsp3) is 0.556. The fourth-order valence-electron chi connectivity index (χ4n) is 1.10. The van der Waals surface area contributed by atoms with Crippen molar-refractivity contribution in [1.82, 2.24) is 10.5 Å². The van der Waals surface area contributed by atoms with Gasteiger partial charge in [0.1, 0.15) is 6.26 Å². The Morgan fingerprint density at radius 3 is 3.07 bits per heavy atom. The lowest BCUT2D eigenvalue weighted by Gasteiger charge is -2.14. The molecule has 78 valence electrons. The summed E-state index contributed by atoms with van der Waals surface area (Å²) in [5, 5.41) is 7.32. The van der Waals surface area contributed by atoms with E-state index in [4.69, 9.17) is 0 Å². The van der Waals surface area contributed by atoms with Crippen molar-refractivity contribution in [3.8, 4) is 0 Å². The van der Waals surface area contributed by atoms with Crippen molar-refractivity contribution >= 4 is 21.8 Å². The molecule has 0 aliphatic carbocycles. The number of hydrogen-bond donors (Lipinski definition) is 1. The minimum absolute atomic E-state index is 0.174. The molecule has 1 N–H and O–H groups in total. The molecule has 0 fully saturated rings. The Labute approximate surface area is 91.2 Å². The van der Waals surface area contributed by atoms with Gasteiger partial charge in [0, 0.05) is 17.4 Å². The van der Waals surface area contributed by atoms with Crippen LogP contribution >= 0.6 is 15.9 Å². The standard InChI is InChI=1S/C9H13BrN2O2/c1-2-7(3-5-10)11-9(13)8-4-6-14-12-8/h4,6-7H,2-3,5H2,1H3,(H,11,13). The molecule has 0 aliphatic rings. The molecule has 0 bridgehead atoms. The summed E-state index contributed by atoms with van der Waals surface area (Å²) in [6.07, 6.45) is 3.22. The zero-order valence-electron chi connectivity index (χ0n) is 8.00. The number of rotatable bonds is 5. The largest absolute Gasteiger partial charge is 0.364 e. The maximum absolute atomic E-state index is 11.5. The smallest absolute Gasteiger partial charge is 0.273 e. The first-order valence-corrected chi connectivity index (χ1v) is 5.67. The highest BCUT2D eigenvalue weighted by molar-refractivity contribution is 9.09. The van der Waals surface area contributed by atoms with Crippen molar-refractivity contribution in [2.45, 2.75) is 25.8 Å². The molecule has 1 aromatic heterocycles. The van der Waals surface area contributed by atoms with E-state index in [2.05, 4.69) is 30.9 Å². The molecule has 0 radical (unpaired) electrons. The molecule has 0 saturated heterocycles. The van der Waals surface area contributed by atoms with Gasteiger partial charge < -0.3 is 9.84 Å². The van der Waals surface area contributed by atoms with Gasteiger partial charge in [0.2, 0.25) is 0 Å². The average molecular weight is 261 g/mol. The topological polar surface area (TPSA) is 55.1 Å². The van der Waals surface area contributed by atoms with Gasteiger partial charge >= 0.3 is 0 Å². The van der Waals surface area contributed by atoms with Crippen LogP contribution in [0.15, 0.2) is 16.9 Å². The number of nitrogens with zero attached hydrogens (tertiary/aromatic N) is 1. The van der Waals surface area contributed by atoms with Crippen molar-refractivity contribution in [2.24, 2.45) is 0 Å². The van der Waals surface area contributed by atoms with Crippen LogP contribution < -0.4 is 5.32 Å². The van der Waals surface area contributed by atoms with E-state index in [0.717, 1.165) is 18.2 Å². The second-order valence-corrected chi connectivity index (χ2v) is 3.73. The Kier molecular flexibility index (Phi) is 4.65. The van der Waals surface area contributed by atoms with Crippen LogP contribution in [-0.4, -0.2) is 22.4 Å². The number of carbonyl (C=O) groups is 1. The minimum atomic E-state index is -0.174. The van der Waals surface area contributed by atoms with Crippen LogP contribution in [-0.2, 0) is 0 Å². The molecule has 0 aliphatic heterocycles. The lowest BCUT2D eigenvalue weighted by molar-refractivity contribution is 0.0926. The first kappa shape index (κ1) is 11.2. The molecule has 1 heterocycles. The summed E-state index contributed by atoms with van der Waals surface area (Å²) >= 11 is 3.34. The Hall–Kier alpha value is -0.840. The highest BCUT2D eigenvalue weighted by Crippen LogP contribution is 2.02. The molecular formula is C9H13BrN2O2. The quantitative estimate of drug-likeness (QED) is 0.824. The number of nitrogens with one attached hydrogen (secondary N) is 1. The third-order valence-electron chi connectivity index (χ3n) is 1.96. The van der Waals surface area contributed by atoms with Crippen molar-refractivity contribution in [2.75, 3.05) is 5.33 Å². The SMILES string of the molecule is CCC(CCBr)NC(=O)c1ccon1. The number of halogens is 1. The third kappa shape index (κ3) is 3.14. The number of alkyl halides is 1. The zero-order chi connectivity index (χ0) is 10.4. The van der Waals surface area contributed by atoms with Crippen molar-refractivity contribution in [3.05, 3.63) is 18.0 Å². The number of amides is 1. The van der Waals surface area contributed by atoms with Crippen LogP contribution in [0.4, 0.5) is 0 Å². The molecule has 1 atom stereocenters. The van der Waals surface area contributed by atoms with Gasteiger partial charge in [-0.2, -0.15) is 0 Å². The molecule has 1 aromatic rings. The Morgan fingerprint density at radius 1 is 1.79 bits per heavy atom.